The number of hydrogen-bond acceptors (Lipinski definition) is 6. The summed E-state index contributed by atoms with van der Waals surface area (Å²) in [5.41, 5.74) is 0.297. The fraction of sp³-hybridized carbons (Fsp3) is 0.300. The highest BCUT2D eigenvalue weighted by molar-refractivity contribution is 7.51. The highest BCUT2D eigenvalue weighted by atomic mass is 31.2. The van der Waals surface area contributed by atoms with Gasteiger partial charge in [0.2, 0.25) is 5.95 Å². The molecule has 0 unspecified atom stereocenters. The van der Waals surface area contributed by atoms with Crippen molar-refractivity contribution in [3.63, 3.8) is 0 Å². The van der Waals surface area contributed by atoms with E-state index in [9.17, 15) is 9.36 Å². The molecule has 0 amide bonds. The molecule has 2 aromatic heterocycles. The maximum absolute atomic E-state index is 11.6. The zero-order valence-electron chi connectivity index (χ0n) is 10.8. The van der Waals surface area contributed by atoms with Gasteiger partial charge in [0.1, 0.15) is 6.35 Å². The molecule has 5 N–H and O–H groups in total. The molecule has 0 aliphatic carbocycles. The fourth-order valence-corrected chi connectivity index (χ4v) is 1.82. The van der Waals surface area contributed by atoms with E-state index in [0.29, 0.717) is 17.7 Å². The van der Waals surface area contributed by atoms with Gasteiger partial charge in [0.05, 0.1) is 12.9 Å². The number of ether oxygens (including phenoxy) is 1. The van der Waals surface area contributed by atoms with Crippen LogP contribution in [-0.4, -0.2) is 49.2 Å². The van der Waals surface area contributed by atoms with Gasteiger partial charge in [-0.3, -0.25) is 14.3 Å². The van der Waals surface area contributed by atoms with E-state index >= 15 is 0 Å². The SMILES string of the molecule is O=c1[nH]c(NCC=CCOCP(=O)(O)O)nc2nc[nH]c12. The number of aromatic amines is 2. The lowest BCUT2D eigenvalue weighted by atomic mass is 10.5. The number of nitrogens with zero attached hydrogens (tertiary/aromatic N) is 2. The molecule has 21 heavy (non-hydrogen) atoms. The summed E-state index contributed by atoms with van der Waals surface area (Å²) in [5.74, 6) is 0.278. The van der Waals surface area contributed by atoms with Crippen LogP contribution in [0.2, 0.25) is 0 Å². The van der Waals surface area contributed by atoms with E-state index in [0.717, 1.165) is 0 Å². The molecule has 11 heteroatoms. The number of H-pyrrole nitrogens is 2. The molecule has 0 aliphatic rings. The Morgan fingerprint density at radius 1 is 1.43 bits per heavy atom. The number of nitrogens with one attached hydrogen (secondary N) is 3. The Morgan fingerprint density at radius 2 is 2.24 bits per heavy atom. The number of anilines is 1. The molecular formula is C10H14N5O5P. The third-order valence-corrected chi connectivity index (χ3v) is 2.84. The van der Waals surface area contributed by atoms with Gasteiger partial charge < -0.3 is 24.8 Å². The summed E-state index contributed by atoms with van der Waals surface area (Å²) in [6.07, 6.45) is 4.03. The third kappa shape index (κ3) is 4.80. The number of aromatic nitrogens is 4. The van der Waals surface area contributed by atoms with Crippen molar-refractivity contribution in [1.82, 2.24) is 19.9 Å². The Hall–Kier alpha value is -2.00. The first-order chi connectivity index (χ1) is 9.96. The molecule has 2 heterocycles. The smallest absolute Gasteiger partial charge is 0.350 e. The molecule has 0 fully saturated rings. The minimum absolute atomic E-state index is 0.0785. The second kappa shape index (κ2) is 6.64. The third-order valence-electron chi connectivity index (χ3n) is 2.32. The first kappa shape index (κ1) is 15.4. The Kier molecular flexibility index (Phi) is 4.86. The Morgan fingerprint density at radius 3 is 3.00 bits per heavy atom. The Labute approximate surface area is 118 Å². The van der Waals surface area contributed by atoms with Gasteiger partial charge in [-0.2, -0.15) is 4.98 Å². The van der Waals surface area contributed by atoms with Crippen LogP contribution in [0.5, 0.6) is 0 Å². The van der Waals surface area contributed by atoms with Gasteiger partial charge in [-0.1, -0.05) is 12.2 Å². The van der Waals surface area contributed by atoms with Crippen molar-refractivity contribution in [2.45, 2.75) is 0 Å². The van der Waals surface area contributed by atoms with Crippen molar-refractivity contribution in [2.75, 3.05) is 24.8 Å². The summed E-state index contributed by atoms with van der Waals surface area (Å²) in [7, 11) is -4.12. The molecule has 114 valence electrons. The zero-order valence-corrected chi connectivity index (χ0v) is 11.7. The van der Waals surface area contributed by atoms with E-state index in [4.69, 9.17) is 14.5 Å². The molecule has 0 aliphatic heterocycles. The molecule has 2 aromatic rings. The van der Waals surface area contributed by atoms with Gasteiger partial charge in [0.15, 0.2) is 11.2 Å². The number of hydrogen-bond donors (Lipinski definition) is 5. The van der Waals surface area contributed by atoms with Gasteiger partial charge >= 0.3 is 7.60 Å². The van der Waals surface area contributed by atoms with Crippen LogP contribution >= 0.6 is 7.60 Å². The van der Waals surface area contributed by atoms with E-state index in [1.54, 1.807) is 12.2 Å². The topological polar surface area (TPSA) is 153 Å². The van der Waals surface area contributed by atoms with Crippen LogP contribution in [0.3, 0.4) is 0 Å². The van der Waals surface area contributed by atoms with Crippen molar-refractivity contribution in [3.05, 3.63) is 28.8 Å². The predicted octanol–water partition coefficient (Wildman–Crippen LogP) is -0.234. The summed E-state index contributed by atoms with van der Waals surface area (Å²) in [6, 6.07) is 0. The van der Waals surface area contributed by atoms with Crippen LogP contribution in [0.25, 0.3) is 11.2 Å². The fourth-order valence-electron chi connectivity index (χ4n) is 1.47. The minimum atomic E-state index is -4.12. The maximum Gasteiger partial charge on any atom is 0.350 e. The summed E-state index contributed by atoms with van der Waals surface area (Å²) in [4.78, 5) is 41.9. The molecule has 0 bridgehead atoms. The van der Waals surface area contributed by atoms with Crippen molar-refractivity contribution in [2.24, 2.45) is 0 Å². The molecule has 0 atom stereocenters. The molecule has 0 aromatic carbocycles. The molecule has 10 nitrogen and oxygen atoms in total. The van der Waals surface area contributed by atoms with Crippen molar-refractivity contribution in [3.8, 4) is 0 Å². The second-order valence-electron chi connectivity index (χ2n) is 4.03. The Balaban J connectivity index is 1.80. The number of rotatable bonds is 7. The molecule has 0 saturated carbocycles. The monoisotopic (exact) mass is 315 g/mol. The van der Waals surface area contributed by atoms with Gasteiger partial charge in [-0.25, -0.2) is 4.98 Å². The normalized spacial score (nSPS) is 12.3. The van der Waals surface area contributed by atoms with Gasteiger partial charge in [-0.15, -0.1) is 0 Å². The predicted molar refractivity (Wildman–Crippen MR) is 75.0 cm³/mol. The molecule has 0 spiro atoms. The van der Waals surface area contributed by atoms with Crippen molar-refractivity contribution < 1.29 is 19.1 Å². The van der Waals surface area contributed by atoms with Crippen LogP contribution in [0.1, 0.15) is 0 Å². The zero-order chi connectivity index (χ0) is 15.3. The lowest BCUT2D eigenvalue weighted by molar-refractivity contribution is 0.184. The van der Waals surface area contributed by atoms with Gasteiger partial charge in [-0.05, 0) is 0 Å². The van der Waals surface area contributed by atoms with Gasteiger partial charge in [0.25, 0.3) is 5.56 Å². The quantitative estimate of drug-likeness (QED) is 0.267. The summed E-state index contributed by atoms with van der Waals surface area (Å²) in [5, 5.41) is 2.86. The highest BCUT2D eigenvalue weighted by Gasteiger charge is 2.11. The lowest BCUT2D eigenvalue weighted by Crippen LogP contribution is -2.13. The summed E-state index contributed by atoms with van der Waals surface area (Å²) < 4.78 is 15.3. The summed E-state index contributed by atoms with van der Waals surface area (Å²) >= 11 is 0. The van der Waals surface area contributed by atoms with Crippen LogP contribution in [0, 0.1) is 0 Å². The second-order valence-corrected chi connectivity index (χ2v) is 5.62. The van der Waals surface area contributed by atoms with Crippen molar-refractivity contribution >= 4 is 24.7 Å². The van der Waals surface area contributed by atoms with E-state index in [2.05, 4.69) is 25.3 Å². The average Bonchev–Trinajstić information content (AvgIpc) is 2.85. The maximum atomic E-state index is 11.6. The standard InChI is InChI=1S/C10H14N5O5P/c16-9-7-8(13-5-12-7)14-10(15-9)11-3-1-2-4-20-6-21(17,18)19/h1-2,5H,3-4,6H2,(H2,17,18,19)(H3,11,12,13,14,15,16). The minimum Gasteiger partial charge on any atom is -0.365 e. The van der Waals surface area contributed by atoms with E-state index < -0.39 is 13.9 Å². The molecular weight excluding hydrogens is 301 g/mol. The number of imidazole rings is 1. The highest BCUT2D eigenvalue weighted by Crippen LogP contribution is 2.33. The molecule has 0 saturated heterocycles. The lowest BCUT2D eigenvalue weighted by Gasteiger charge is -2.03. The van der Waals surface area contributed by atoms with Crippen LogP contribution in [-0.2, 0) is 9.30 Å². The molecule has 2 rings (SSSR count). The Bertz CT molecular complexity index is 733. The number of fused-ring (bicyclic) bond motifs is 1. The first-order valence-corrected chi connectivity index (χ1v) is 7.70. The van der Waals surface area contributed by atoms with E-state index in [-0.39, 0.29) is 18.1 Å². The van der Waals surface area contributed by atoms with Crippen LogP contribution in [0.4, 0.5) is 5.95 Å². The van der Waals surface area contributed by atoms with E-state index in [1.165, 1.54) is 6.33 Å². The van der Waals surface area contributed by atoms with Crippen LogP contribution < -0.4 is 10.9 Å². The summed E-state index contributed by atoms with van der Waals surface area (Å²) in [6.45, 7) is 0.438. The van der Waals surface area contributed by atoms with Gasteiger partial charge in [0, 0.05) is 6.54 Å². The first-order valence-electron chi connectivity index (χ1n) is 5.90. The largest absolute Gasteiger partial charge is 0.365 e. The average molecular weight is 315 g/mol. The van der Waals surface area contributed by atoms with Crippen LogP contribution in [0.15, 0.2) is 23.3 Å². The van der Waals surface area contributed by atoms with Crippen molar-refractivity contribution in [1.29, 1.82) is 0 Å². The molecule has 0 radical (unpaired) electrons. The van der Waals surface area contributed by atoms with E-state index in [1.807, 2.05) is 0 Å².